The first-order valence-electron chi connectivity index (χ1n) is 9.19. The van der Waals surface area contributed by atoms with Gasteiger partial charge >= 0.3 is 13.6 Å². The number of carbonyl (C=O) groups is 1. The maximum Gasteiger partial charge on any atom is 0.431 e. The van der Waals surface area contributed by atoms with Crippen molar-refractivity contribution in [3.8, 4) is 11.5 Å². The van der Waals surface area contributed by atoms with Crippen LogP contribution in [-0.4, -0.2) is 36.9 Å². The van der Waals surface area contributed by atoms with Crippen LogP contribution in [0.1, 0.15) is 13.8 Å². The monoisotopic (exact) mass is 437 g/mol. The van der Waals surface area contributed by atoms with E-state index in [0.717, 1.165) is 0 Å². The van der Waals surface area contributed by atoms with Crippen molar-refractivity contribution < 1.29 is 32.8 Å². The molecule has 0 aliphatic heterocycles. The zero-order valence-corrected chi connectivity index (χ0v) is 17.8. The molecule has 0 aliphatic carbocycles. The number of benzene rings is 2. The summed E-state index contributed by atoms with van der Waals surface area (Å²) in [4.78, 5) is 22.5. The number of hydrogen-bond donors (Lipinski definition) is 0. The van der Waals surface area contributed by atoms with Gasteiger partial charge in [-0.25, -0.2) is 4.57 Å². The molecule has 0 fully saturated rings. The average molecular weight is 437 g/mol. The van der Waals surface area contributed by atoms with Gasteiger partial charge in [-0.2, -0.15) is 0 Å². The molecule has 2 aromatic rings. The van der Waals surface area contributed by atoms with Gasteiger partial charge in [-0.05, 0) is 31.2 Å². The average Bonchev–Trinajstić information content (AvgIpc) is 2.72. The molecule has 2 aromatic carbocycles. The molecule has 0 aliphatic rings. The van der Waals surface area contributed by atoms with Crippen molar-refractivity contribution in [2.45, 2.75) is 20.0 Å². The molecule has 0 N–H and O–H groups in total. The van der Waals surface area contributed by atoms with E-state index in [2.05, 4.69) is 0 Å². The Balaban J connectivity index is 2.17. The molecule has 0 radical (unpaired) electrons. The van der Waals surface area contributed by atoms with Crippen molar-refractivity contribution in [2.24, 2.45) is 5.92 Å². The molecule has 0 heterocycles. The van der Waals surface area contributed by atoms with E-state index < -0.39 is 24.4 Å². The summed E-state index contributed by atoms with van der Waals surface area (Å²) in [5.74, 6) is -0.936. The lowest BCUT2D eigenvalue weighted by Gasteiger charge is -2.22. The molecule has 10 heteroatoms. The molecule has 1 unspecified atom stereocenters. The van der Waals surface area contributed by atoms with Crippen LogP contribution in [0.2, 0.25) is 0 Å². The van der Waals surface area contributed by atoms with Gasteiger partial charge < -0.3 is 18.5 Å². The van der Waals surface area contributed by atoms with Crippen LogP contribution in [0.5, 0.6) is 11.5 Å². The van der Waals surface area contributed by atoms with E-state index in [1.165, 1.54) is 31.4 Å². The highest BCUT2D eigenvalue weighted by Gasteiger charge is 2.34. The Hall–Kier alpha value is -2.90. The SMILES string of the molecule is CO[C@@H](C)COC(=O)[C@H](C)CP(=O)(Oc1ccccc1)Oc1ccc([N+](=O)[O-])cc1. The van der Waals surface area contributed by atoms with Crippen LogP contribution in [0.4, 0.5) is 5.69 Å². The highest BCUT2D eigenvalue weighted by Crippen LogP contribution is 2.50. The van der Waals surface area contributed by atoms with Crippen molar-refractivity contribution in [3.63, 3.8) is 0 Å². The van der Waals surface area contributed by atoms with E-state index in [-0.39, 0.29) is 30.3 Å². The normalized spacial score (nSPS) is 14.8. The minimum Gasteiger partial charge on any atom is -0.463 e. The third-order valence-corrected chi connectivity index (χ3v) is 6.02. The predicted octanol–water partition coefficient (Wildman–Crippen LogP) is 4.46. The van der Waals surface area contributed by atoms with Gasteiger partial charge in [-0.3, -0.25) is 14.9 Å². The predicted molar refractivity (Wildman–Crippen MR) is 110 cm³/mol. The fourth-order valence-corrected chi connectivity index (χ4v) is 4.24. The number of methoxy groups -OCH3 is 1. The number of ether oxygens (including phenoxy) is 2. The van der Waals surface area contributed by atoms with Gasteiger partial charge in [0, 0.05) is 19.2 Å². The summed E-state index contributed by atoms with van der Waals surface area (Å²) in [6, 6.07) is 13.5. The Bertz CT molecular complexity index is 887. The van der Waals surface area contributed by atoms with Gasteiger partial charge in [0.15, 0.2) is 0 Å². The van der Waals surface area contributed by atoms with Crippen molar-refractivity contribution in [2.75, 3.05) is 19.9 Å². The van der Waals surface area contributed by atoms with E-state index in [1.54, 1.807) is 44.2 Å². The lowest BCUT2D eigenvalue weighted by Crippen LogP contribution is -2.25. The summed E-state index contributed by atoms with van der Waals surface area (Å²) >= 11 is 0. The molecule has 162 valence electrons. The number of para-hydroxylation sites is 1. The van der Waals surface area contributed by atoms with Crippen molar-refractivity contribution in [1.82, 2.24) is 0 Å². The number of nitro groups is 1. The molecule has 9 nitrogen and oxygen atoms in total. The highest BCUT2D eigenvalue weighted by atomic mass is 31.2. The maximum absolute atomic E-state index is 13.5. The lowest BCUT2D eigenvalue weighted by atomic mass is 10.2. The van der Waals surface area contributed by atoms with Crippen molar-refractivity contribution in [3.05, 3.63) is 64.7 Å². The highest BCUT2D eigenvalue weighted by molar-refractivity contribution is 7.54. The molecule has 0 aromatic heterocycles. The lowest BCUT2D eigenvalue weighted by molar-refractivity contribution is -0.384. The third kappa shape index (κ3) is 7.17. The fraction of sp³-hybridized carbons (Fsp3) is 0.350. The van der Waals surface area contributed by atoms with E-state index in [4.69, 9.17) is 18.5 Å². The van der Waals surface area contributed by atoms with Gasteiger partial charge in [0.05, 0.1) is 23.1 Å². The first kappa shape index (κ1) is 23.4. The fourth-order valence-electron chi connectivity index (χ4n) is 2.34. The van der Waals surface area contributed by atoms with E-state index in [1.807, 2.05) is 0 Å². The van der Waals surface area contributed by atoms with Crippen LogP contribution < -0.4 is 9.05 Å². The number of carbonyl (C=O) groups excluding carboxylic acids is 1. The summed E-state index contributed by atoms with van der Waals surface area (Å²) in [5, 5.41) is 10.8. The van der Waals surface area contributed by atoms with Gasteiger partial charge in [0.1, 0.15) is 18.1 Å². The number of non-ortho nitro benzene ring substituents is 1. The van der Waals surface area contributed by atoms with Crippen LogP contribution >= 0.6 is 7.60 Å². The molecule has 0 spiro atoms. The number of nitro benzene ring substituents is 1. The maximum atomic E-state index is 13.5. The number of esters is 1. The second-order valence-corrected chi connectivity index (χ2v) is 8.57. The molecule has 3 atom stereocenters. The zero-order chi connectivity index (χ0) is 22.1. The van der Waals surface area contributed by atoms with Gasteiger partial charge in [-0.1, -0.05) is 25.1 Å². The Morgan fingerprint density at radius 3 is 2.13 bits per heavy atom. The van der Waals surface area contributed by atoms with Crippen LogP contribution in [0.15, 0.2) is 54.6 Å². The Morgan fingerprint density at radius 2 is 1.60 bits per heavy atom. The molecule has 30 heavy (non-hydrogen) atoms. The van der Waals surface area contributed by atoms with E-state index >= 15 is 0 Å². The molecular weight excluding hydrogens is 413 g/mol. The largest absolute Gasteiger partial charge is 0.463 e. The topological polar surface area (TPSA) is 114 Å². The van der Waals surface area contributed by atoms with Crippen LogP contribution in [-0.2, 0) is 18.8 Å². The summed E-state index contributed by atoms with van der Waals surface area (Å²) < 4.78 is 34.9. The van der Waals surface area contributed by atoms with Gasteiger partial charge in [0.25, 0.3) is 5.69 Å². The minimum atomic E-state index is -3.87. The standard InChI is InChI=1S/C20H24NO8P/c1-15(20(22)27-13-16(2)26-3)14-30(25,28-18-7-5-4-6-8-18)29-19-11-9-17(10-12-19)21(23)24/h4-12,15-16H,13-14H2,1-3H3/t15-,16+,30?/m1/s1. The number of nitrogens with zero attached hydrogens (tertiary/aromatic N) is 1. The van der Waals surface area contributed by atoms with Crippen LogP contribution in [0.3, 0.4) is 0 Å². The summed E-state index contributed by atoms with van der Waals surface area (Å²) in [7, 11) is -2.37. The molecule has 0 amide bonds. The van der Waals surface area contributed by atoms with Gasteiger partial charge in [0.2, 0.25) is 0 Å². The molecular formula is C20H24NO8P. The van der Waals surface area contributed by atoms with Gasteiger partial charge in [-0.15, -0.1) is 0 Å². The second kappa shape index (κ2) is 10.8. The number of rotatable bonds is 11. The Kier molecular flexibility index (Phi) is 8.38. The summed E-state index contributed by atoms with van der Waals surface area (Å²) in [6.45, 7) is 3.37. The molecule has 0 bridgehead atoms. The Morgan fingerprint density at radius 1 is 1.03 bits per heavy atom. The minimum absolute atomic E-state index is 0.0622. The third-order valence-electron chi connectivity index (χ3n) is 4.04. The van der Waals surface area contributed by atoms with Crippen LogP contribution in [0, 0.1) is 16.0 Å². The first-order chi connectivity index (χ1) is 14.2. The summed E-state index contributed by atoms with van der Waals surface area (Å²) in [6.07, 6.45) is -0.524. The molecule has 2 rings (SSSR count). The van der Waals surface area contributed by atoms with Crippen molar-refractivity contribution in [1.29, 1.82) is 0 Å². The molecule has 0 saturated carbocycles. The van der Waals surface area contributed by atoms with E-state index in [0.29, 0.717) is 5.75 Å². The second-order valence-electron chi connectivity index (χ2n) is 6.62. The van der Waals surface area contributed by atoms with Crippen LogP contribution in [0.25, 0.3) is 0 Å². The first-order valence-corrected chi connectivity index (χ1v) is 10.9. The van der Waals surface area contributed by atoms with E-state index in [9.17, 15) is 19.5 Å². The Labute approximate surface area is 174 Å². The smallest absolute Gasteiger partial charge is 0.431 e. The van der Waals surface area contributed by atoms with Crippen molar-refractivity contribution >= 4 is 19.3 Å². The summed E-state index contributed by atoms with van der Waals surface area (Å²) in [5.41, 5.74) is -0.134. The number of hydrogen-bond acceptors (Lipinski definition) is 8. The molecule has 0 saturated heterocycles. The zero-order valence-electron chi connectivity index (χ0n) is 16.9. The quantitative estimate of drug-likeness (QED) is 0.219.